The Kier molecular flexibility index (Phi) is 6.40. The molecule has 0 radical (unpaired) electrons. The predicted octanol–water partition coefficient (Wildman–Crippen LogP) is 5.61. The van der Waals surface area contributed by atoms with E-state index in [0.717, 1.165) is 54.5 Å². The van der Waals surface area contributed by atoms with Crippen molar-refractivity contribution >= 4 is 33.4 Å². The Balaban J connectivity index is 1.13. The van der Waals surface area contributed by atoms with Gasteiger partial charge in [-0.1, -0.05) is 48.5 Å². The first-order valence-electron chi connectivity index (χ1n) is 12.0. The minimum atomic E-state index is 0.443. The van der Waals surface area contributed by atoms with Crippen molar-refractivity contribution in [3.05, 3.63) is 72.3 Å². The van der Waals surface area contributed by atoms with Gasteiger partial charge in [0.2, 0.25) is 5.95 Å². The summed E-state index contributed by atoms with van der Waals surface area (Å²) in [6, 6.07) is 24.0. The molecule has 0 saturated heterocycles. The molecule has 3 aromatic carbocycles. The summed E-state index contributed by atoms with van der Waals surface area (Å²) in [6.07, 6.45) is 4.79. The summed E-state index contributed by atoms with van der Waals surface area (Å²) >= 11 is 0. The zero-order valence-electron chi connectivity index (χ0n) is 19.6. The third kappa shape index (κ3) is 5.09. The molecular formula is C28H33N5. The third-order valence-corrected chi connectivity index (χ3v) is 6.76. The topological polar surface area (TPSA) is 53.1 Å². The maximum Gasteiger partial charge on any atom is 0.225 e. The Morgan fingerprint density at radius 2 is 1.61 bits per heavy atom. The number of hydrogen-bond acceptors (Lipinski definition) is 5. The summed E-state index contributed by atoms with van der Waals surface area (Å²) in [5, 5.41) is 11.0. The minimum Gasteiger partial charge on any atom is -0.362 e. The van der Waals surface area contributed by atoms with E-state index in [-0.39, 0.29) is 0 Å². The average molecular weight is 440 g/mol. The average Bonchev–Trinajstić information content (AvgIpc) is 2.84. The quantitative estimate of drug-likeness (QED) is 0.392. The van der Waals surface area contributed by atoms with Crippen molar-refractivity contribution in [2.45, 2.75) is 38.3 Å². The van der Waals surface area contributed by atoms with Gasteiger partial charge in [-0.15, -0.1) is 0 Å². The van der Waals surface area contributed by atoms with Crippen LogP contribution in [-0.4, -0.2) is 36.6 Å². The van der Waals surface area contributed by atoms with Gasteiger partial charge in [-0.3, -0.25) is 0 Å². The lowest BCUT2D eigenvalue weighted by molar-refractivity contribution is 0.324. The molecule has 1 aliphatic rings. The summed E-state index contributed by atoms with van der Waals surface area (Å²) in [5.41, 5.74) is 2.35. The Bertz CT molecular complexity index is 1230. The van der Waals surface area contributed by atoms with Crippen molar-refractivity contribution in [1.82, 2.24) is 15.3 Å². The van der Waals surface area contributed by atoms with E-state index in [9.17, 15) is 0 Å². The highest BCUT2D eigenvalue weighted by atomic mass is 15.2. The third-order valence-electron chi connectivity index (χ3n) is 6.76. The fourth-order valence-electron chi connectivity index (χ4n) is 4.93. The van der Waals surface area contributed by atoms with Crippen LogP contribution in [-0.2, 0) is 6.54 Å². The van der Waals surface area contributed by atoms with Crippen molar-refractivity contribution in [3.63, 3.8) is 0 Å². The van der Waals surface area contributed by atoms with Gasteiger partial charge in [-0.2, -0.15) is 4.98 Å². The number of hydrogen-bond donors (Lipinski definition) is 2. The molecule has 0 amide bonds. The Morgan fingerprint density at radius 1 is 0.848 bits per heavy atom. The molecule has 0 spiro atoms. The number of para-hydroxylation sites is 1. The first-order chi connectivity index (χ1) is 16.2. The van der Waals surface area contributed by atoms with Gasteiger partial charge < -0.3 is 15.5 Å². The summed E-state index contributed by atoms with van der Waals surface area (Å²) in [7, 11) is 4.07. The fraction of sp³-hybridized carbons (Fsp3) is 0.357. The van der Waals surface area contributed by atoms with Gasteiger partial charge in [0, 0.05) is 32.1 Å². The summed E-state index contributed by atoms with van der Waals surface area (Å²) in [5.74, 6) is 2.45. The van der Waals surface area contributed by atoms with Crippen LogP contribution in [0.2, 0.25) is 0 Å². The van der Waals surface area contributed by atoms with Gasteiger partial charge >= 0.3 is 0 Å². The van der Waals surface area contributed by atoms with Gasteiger partial charge in [0.15, 0.2) is 0 Å². The fourth-order valence-corrected chi connectivity index (χ4v) is 4.93. The van der Waals surface area contributed by atoms with Crippen LogP contribution in [0.1, 0.15) is 31.2 Å². The molecule has 0 unspecified atom stereocenters. The normalized spacial score (nSPS) is 18.5. The van der Waals surface area contributed by atoms with E-state index in [1.54, 1.807) is 0 Å². The lowest BCUT2D eigenvalue weighted by atomic mass is 9.86. The van der Waals surface area contributed by atoms with Crippen LogP contribution < -0.4 is 15.5 Å². The van der Waals surface area contributed by atoms with Crippen LogP contribution in [0.15, 0.2) is 66.7 Å². The zero-order chi connectivity index (χ0) is 22.6. The van der Waals surface area contributed by atoms with Gasteiger partial charge in [0.25, 0.3) is 0 Å². The molecule has 33 heavy (non-hydrogen) atoms. The Hall–Kier alpha value is -3.18. The number of rotatable bonds is 7. The molecule has 1 aromatic heterocycles. The van der Waals surface area contributed by atoms with E-state index in [1.807, 2.05) is 26.2 Å². The molecule has 1 saturated carbocycles. The molecule has 4 aromatic rings. The second-order valence-corrected chi connectivity index (χ2v) is 9.46. The standard InChI is InChI=1S/C28H33N5/c1-33(2)27-25-9-5-6-10-26(25)31-28(32-27)30-24-15-12-20(13-16-24)18-29-19-21-11-14-22-7-3-4-8-23(22)17-21/h3-11,14,17,20,24,29H,12-13,15-16,18-19H2,1-2H3,(H,30,31,32)/t20-,24+. The SMILES string of the molecule is CN(C)c1nc(N[C@H]2CC[C@@H](CNCc3ccc4ccccc4c3)CC2)nc2ccccc12. The molecule has 0 bridgehead atoms. The largest absolute Gasteiger partial charge is 0.362 e. The summed E-state index contributed by atoms with van der Waals surface area (Å²) < 4.78 is 0. The number of anilines is 2. The van der Waals surface area contributed by atoms with E-state index >= 15 is 0 Å². The van der Waals surface area contributed by atoms with Crippen LogP contribution in [0.4, 0.5) is 11.8 Å². The van der Waals surface area contributed by atoms with Gasteiger partial charge in [0.05, 0.1) is 5.52 Å². The van der Waals surface area contributed by atoms with Gasteiger partial charge in [-0.25, -0.2) is 4.98 Å². The van der Waals surface area contributed by atoms with Crippen LogP contribution in [0.5, 0.6) is 0 Å². The molecular weight excluding hydrogens is 406 g/mol. The van der Waals surface area contributed by atoms with E-state index in [0.29, 0.717) is 6.04 Å². The summed E-state index contributed by atoms with van der Waals surface area (Å²) in [6.45, 7) is 2.01. The smallest absolute Gasteiger partial charge is 0.225 e. The first-order valence-corrected chi connectivity index (χ1v) is 12.0. The second-order valence-electron chi connectivity index (χ2n) is 9.46. The molecule has 1 aliphatic carbocycles. The molecule has 1 heterocycles. The van der Waals surface area contributed by atoms with Crippen LogP contribution in [0.25, 0.3) is 21.7 Å². The number of aromatic nitrogens is 2. The van der Waals surface area contributed by atoms with Crippen molar-refractivity contribution in [3.8, 4) is 0 Å². The molecule has 5 nitrogen and oxygen atoms in total. The van der Waals surface area contributed by atoms with E-state index < -0.39 is 0 Å². The van der Waals surface area contributed by atoms with Crippen molar-refractivity contribution in [1.29, 1.82) is 0 Å². The molecule has 5 rings (SSSR count). The highest BCUT2D eigenvalue weighted by Gasteiger charge is 2.22. The Labute approximate surface area is 196 Å². The monoisotopic (exact) mass is 439 g/mol. The minimum absolute atomic E-state index is 0.443. The van der Waals surface area contributed by atoms with E-state index in [4.69, 9.17) is 9.97 Å². The number of benzene rings is 3. The number of nitrogens with zero attached hydrogens (tertiary/aromatic N) is 3. The maximum absolute atomic E-state index is 4.81. The molecule has 0 aliphatic heterocycles. The molecule has 1 fully saturated rings. The summed E-state index contributed by atoms with van der Waals surface area (Å²) in [4.78, 5) is 11.6. The van der Waals surface area contributed by atoms with Crippen LogP contribution in [0, 0.1) is 5.92 Å². The lowest BCUT2D eigenvalue weighted by Gasteiger charge is -2.29. The number of nitrogens with one attached hydrogen (secondary N) is 2. The van der Waals surface area contributed by atoms with Crippen molar-refractivity contribution in [2.75, 3.05) is 30.9 Å². The van der Waals surface area contributed by atoms with E-state index in [1.165, 1.54) is 29.2 Å². The van der Waals surface area contributed by atoms with Gasteiger partial charge in [0.1, 0.15) is 5.82 Å². The zero-order valence-corrected chi connectivity index (χ0v) is 19.6. The predicted molar refractivity (Wildman–Crippen MR) is 139 cm³/mol. The number of fused-ring (bicyclic) bond motifs is 2. The molecule has 0 atom stereocenters. The van der Waals surface area contributed by atoms with Crippen LogP contribution in [0.3, 0.4) is 0 Å². The van der Waals surface area contributed by atoms with Gasteiger partial charge in [-0.05, 0) is 72.7 Å². The second kappa shape index (κ2) is 9.75. The Morgan fingerprint density at radius 3 is 2.42 bits per heavy atom. The van der Waals surface area contributed by atoms with Crippen molar-refractivity contribution < 1.29 is 0 Å². The molecule has 170 valence electrons. The molecule has 5 heteroatoms. The van der Waals surface area contributed by atoms with E-state index in [2.05, 4.69) is 70.1 Å². The van der Waals surface area contributed by atoms with Crippen molar-refractivity contribution in [2.24, 2.45) is 5.92 Å². The highest BCUT2D eigenvalue weighted by Crippen LogP contribution is 2.28. The maximum atomic E-state index is 4.81. The molecule has 2 N–H and O–H groups in total. The first kappa shape index (κ1) is 21.7. The lowest BCUT2D eigenvalue weighted by Crippen LogP contribution is -2.31. The van der Waals surface area contributed by atoms with Crippen LogP contribution >= 0.6 is 0 Å². The highest BCUT2D eigenvalue weighted by molar-refractivity contribution is 5.90.